The molecule has 6 nitrogen and oxygen atoms in total. The van der Waals surface area contributed by atoms with Crippen molar-refractivity contribution in [1.29, 1.82) is 0 Å². The molecule has 0 unspecified atom stereocenters. The van der Waals surface area contributed by atoms with Crippen molar-refractivity contribution in [2.75, 3.05) is 19.0 Å². The lowest BCUT2D eigenvalue weighted by atomic mass is 9.88. The zero-order chi connectivity index (χ0) is 21.3. The number of aromatic nitrogens is 2. The summed E-state index contributed by atoms with van der Waals surface area (Å²) < 4.78 is 52.7. The monoisotopic (exact) mass is 400 g/mol. The molecule has 28 heavy (non-hydrogen) atoms. The van der Waals surface area contributed by atoms with Crippen molar-refractivity contribution in [3.63, 3.8) is 0 Å². The van der Waals surface area contributed by atoms with Gasteiger partial charge in [0.15, 0.2) is 0 Å². The molecule has 0 saturated heterocycles. The number of alkyl halides is 3. The van der Waals surface area contributed by atoms with Gasteiger partial charge in [0.2, 0.25) is 5.95 Å². The smallest absolute Gasteiger partial charge is 0.348 e. The van der Waals surface area contributed by atoms with Gasteiger partial charge in [-0.3, -0.25) is 14.6 Å². The second kappa shape index (κ2) is 7.61. The quantitative estimate of drug-likeness (QED) is 0.757. The van der Waals surface area contributed by atoms with Gasteiger partial charge in [0.05, 0.1) is 11.1 Å². The van der Waals surface area contributed by atoms with Crippen molar-refractivity contribution in [3.8, 4) is 0 Å². The van der Waals surface area contributed by atoms with Gasteiger partial charge in [-0.1, -0.05) is 13.0 Å². The molecule has 0 spiro atoms. The lowest BCUT2D eigenvalue weighted by molar-refractivity contribution is -0.137. The first-order valence-electron chi connectivity index (χ1n) is 8.36. The number of amides is 1. The highest BCUT2D eigenvalue weighted by Gasteiger charge is 2.35. The van der Waals surface area contributed by atoms with E-state index in [1.54, 1.807) is 21.0 Å². The molecular weight excluding hydrogens is 380 g/mol. The summed E-state index contributed by atoms with van der Waals surface area (Å²) in [5.41, 5.74) is -3.28. The normalized spacial score (nSPS) is 13.7. The lowest BCUT2D eigenvalue weighted by Gasteiger charge is -2.31. The Morgan fingerprint density at radius 1 is 1.25 bits per heavy atom. The van der Waals surface area contributed by atoms with Crippen LogP contribution in [0, 0.1) is 5.82 Å². The minimum absolute atomic E-state index is 0.103. The number of anilines is 1. The maximum Gasteiger partial charge on any atom is 0.416 e. The molecule has 0 radical (unpaired) electrons. The number of hydrogen-bond acceptors (Lipinski definition) is 4. The van der Waals surface area contributed by atoms with Crippen molar-refractivity contribution in [2.24, 2.45) is 0 Å². The lowest BCUT2D eigenvalue weighted by Crippen LogP contribution is -2.44. The first kappa shape index (κ1) is 21.4. The van der Waals surface area contributed by atoms with Crippen LogP contribution in [0.3, 0.4) is 0 Å². The molecule has 2 rings (SSSR count). The zero-order valence-electron chi connectivity index (χ0n) is 15.7. The first-order valence-corrected chi connectivity index (χ1v) is 8.36. The predicted molar refractivity (Wildman–Crippen MR) is 95.7 cm³/mol. The van der Waals surface area contributed by atoms with E-state index in [1.165, 1.54) is 11.8 Å². The number of halogens is 4. The molecule has 2 aromatic rings. The Balaban J connectivity index is 2.40. The average molecular weight is 400 g/mol. The number of nitrogens with zero attached hydrogens (tertiary/aromatic N) is 2. The Kier molecular flexibility index (Phi) is 5.81. The molecule has 1 atom stereocenters. The molecule has 1 aromatic heterocycles. The largest absolute Gasteiger partial charge is 0.416 e. The van der Waals surface area contributed by atoms with Crippen LogP contribution in [-0.2, 0) is 11.7 Å². The van der Waals surface area contributed by atoms with Crippen LogP contribution in [-0.4, -0.2) is 30.0 Å². The van der Waals surface area contributed by atoms with Crippen molar-refractivity contribution in [1.82, 2.24) is 15.3 Å². The third-order valence-electron chi connectivity index (χ3n) is 4.37. The Hall–Kier alpha value is -2.91. The Morgan fingerprint density at radius 3 is 2.39 bits per heavy atom. The highest BCUT2D eigenvalue weighted by molar-refractivity contribution is 5.93. The molecule has 0 bridgehead atoms. The standard InChI is InChI=1S/C18H20F4N4O2/c1-5-17(2,11-7-6-10(8-12(11)19)18(20,21)22)25-15(28)13-9-14(27)24-16(23-13)26(3)4/h6-9H,5H2,1-4H3,(H,25,28)(H,23,24,27)/t17-/m1/s1. The molecule has 1 amide bonds. The maximum absolute atomic E-state index is 14.4. The third kappa shape index (κ3) is 4.49. The summed E-state index contributed by atoms with van der Waals surface area (Å²) >= 11 is 0. The Bertz CT molecular complexity index is 940. The van der Waals surface area contributed by atoms with Gasteiger partial charge in [-0.25, -0.2) is 9.37 Å². The second-order valence-corrected chi connectivity index (χ2v) is 6.68. The summed E-state index contributed by atoms with van der Waals surface area (Å²) in [4.78, 5) is 32.3. The number of hydrogen-bond donors (Lipinski definition) is 2. The summed E-state index contributed by atoms with van der Waals surface area (Å²) in [7, 11) is 3.24. The molecule has 152 valence electrons. The van der Waals surface area contributed by atoms with Crippen molar-refractivity contribution < 1.29 is 22.4 Å². The molecular formula is C18H20F4N4O2. The van der Waals surface area contributed by atoms with Gasteiger partial charge < -0.3 is 10.2 Å². The van der Waals surface area contributed by atoms with Crippen molar-refractivity contribution in [2.45, 2.75) is 32.0 Å². The van der Waals surface area contributed by atoms with Gasteiger partial charge in [-0.15, -0.1) is 0 Å². The van der Waals surface area contributed by atoms with E-state index in [9.17, 15) is 27.2 Å². The van der Waals surface area contributed by atoms with Crippen LogP contribution in [0.4, 0.5) is 23.5 Å². The number of carbonyl (C=O) groups excluding carboxylic acids is 1. The summed E-state index contributed by atoms with van der Waals surface area (Å²) in [6.45, 7) is 3.13. The molecule has 0 aliphatic heterocycles. The number of rotatable bonds is 5. The number of aromatic amines is 1. The molecule has 0 aliphatic carbocycles. The average Bonchev–Trinajstić information content (AvgIpc) is 2.59. The minimum Gasteiger partial charge on any atom is -0.348 e. The van der Waals surface area contributed by atoms with Crippen molar-refractivity contribution in [3.05, 3.63) is 57.3 Å². The van der Waals surface area contributed by atoms with Crippen LogP contribution in [0.15, 0.2) is 29.1 Å². The fourth-order valence-electron chi connectivity index (χ4n) is 2.57. The fourth-order valence-corrected chi connectivity index (χ4v) is 2.57. The fraction of sp³-hybridized carbons (Fsp3) is 0.389. The van der Waals surface area contributed by atoms with Crippen LogP contribution >= 0.6 is 0 Å². The molecule has 2 N–H and O–H groups in total. The van der Waals surface area contributed by atoms with E-state index in [0.29, 0.717) is 6.07 Å². The van der Waals surface area contributed by atoms with E-state index in [0.717, 1.165) is 18.2 Å². The van der Waals surface area contributed by atoms with Crippen LogP contribution in [0.2, 0.25) is 0 Å². The molecule has 10 heteroatoms. The molecule has 0 fully saturated rings. The number of nitrogens with one attached hydrogen (secondary N) is 2. The van der Waals surface area contributed by atoms with Crippen LogP contribution in [0.5, 0.6) is 0 Å². The van der Waals surface area contributed by atoms with Gasteiger partial charge in [0.1, 0.15) is 11.5 Å². The van der Waals surface area contributed by atoms with E-state index in [2.05, 4.69) is 15.3 Å². The molecule has 1 aromatic carbocycles. The third-order valence-corrected chi connectivity index (χ3v) is 4.37. The van der Waals surface area contributed by atoms with Crippen LogP contribution in [0.25, 0.3) is 0 Å². The Labute approximate surface area is 158 Å². The van der Waals surface area contributed by atoms with E-state index >= 15 is 0 Å². The second-order valence-electron chi connectivity index (χ2n) is 6.68. The zero-order valence-corrected chi connectivity index (χ0v) is 15.7. The molecule has 1 heterocycles. The summed E-state index contributed by atoms with van der Waals surface area (Å²) in [6, 6.07) is 3.14. The highest BCUT2D eigenvalue weighted by Crippen LogP contribution is 2.34. The number of H-pyrrole nitrogens is 1. The van der Waals surface area contributed by atoms with Gasteiger partial charge in [0.25, 0.3) is 11.5 Å². The summed E-state index contributed by atoms with van der Waals surface area (Å²) in [6.07, 6.45) is -4.49. The van der Waals surface area contributed by atoms with Crippen molar-refractivity contribution >= 4 is 11.9 Å². The van der Waals surface area contributed by atoms with E-state index in [4.69, 9.17) is 0 Å². The SMILES string of the molecule is CC[C@@](C)(NC(=O)c1cc(=O)[nH]c(N(C)C)n1)c1ccc(C(F)(F)F)cc1F. The molecule has 0 saturated carbocycles. The van der Waals surface area contributed by atoms with Gasteiger partial charge in [0, 0.05) is 25.7 Å². The first-order chi connectivity index (χ1) is 12.9. The van der Waals surface area contributed by atoms with Crippen LogP contribution in [0.1, 0.15) is 41.9 Å². The van der Waals surface area contributed by atoms with Gasteiger partial charge in [-0.2, -0.15) is 13.2 Å². The summed E-state index contributed by atoms with van der Waals surface area (Å²) in [5.74, 6) is -1.69. The van der Waals surface area contributed by atoms with E-state index in [-0.39, 0.29) is 23.6 Å². The van der Waals surface area contributed by atoms with Crippen LogP contribution < -0.4 is 15.8 Å². The molecule has 0 aliphatic rings. The predicted octanol–water partition coefficient (Wildman–Crippen LogP) is 3.05. The Morgan fingerprint density at radius 2 is 1.89 bits per heavy atom. The minimum atomic E-state index is -4.68. The number of benzene rings is 1. The number of carbonyl (C=O) groups is 1. The van der Waals surface area contributed by atoms with Gasteiger partial charge >= 0.3 is 6.18 Å². The summed E-state index contributed by atoms with van der Waals surface area (Å²) in [5, 5.41) is 2.57. The van der Waals surface area contributed by atoms with E-state index in [1.807, 2.05) is 0 Å². The van der Waals surface area contributed by atoms with E-state index < -0.39 is 34.6 Å². The topological polar surface area (TPSA) is 78.1 Å². The van der Waals surface area contributed by atoms with Gasteiger partial charge in [-0.05, 0) is 25.5 Å². The highest BCUT2D eigenvalue weighted by atomic mass is 19.4. The maximum atomic E-state index is 14.4.